The zero-order valence-electron chi connectivity index (χ0n) is 8.39. The zero-order chi connectivity index (χ0) is 10.1. The van der Waals surface area contributed by atoms with E-state index in [9.17, 15) is 4.79 Å². The molecule has 0 radical (unpaired) electrons. The van der Waals surface area contributed by atoms with E-state index >= 15 is 0 Å². The van der Waals surface area contributed by atoms with Crippen LogP contribution in [0.2, 0.25) is 0 Å². The van der Waals surface area contributed by atoms with Gasteiger partial charge in [-0.25, -0.2) is 0 Å². The molecule has 0 aliphatic heterocycles. The second-order valence-electron chi connectivity index (χ2n) is 3.45. The Morgan fingerprint density at radius 1 is 1.57 bits per heavy atom. The number of H-pyrrole nitrogens is 1. The van der Waals surface area contributed by atoms with Gasteiger partial charge in [0, 0.05) is 18.6 Å². The first-order valence-electron chi connectivity index (χ1n) is 4.83. The van der Waals surface area contributed by atoms with Gasteiger partial charge in [-0.3, -0.25) is 4.79 Å². The van der Waals surface area contributed by atoms with Crippen molar-refractivity contribution in [2.75, 3.05) is 0 Å². The summed E-state index contributed by atoms with van der Waals surface area (Å²) in [7, 11) is 0. The van der Waals surface area contributed by atoms with E-state index < -0.39 is 0 Å². The van der Waals surface area contributed by atoms with Crippen LogP contribution in [-0.4, -0.2) is 10.8 Å². The highest BCUT2D eigenvalue weighted by molar-refractivity contribution is 5.99. The molecule has 0 fully saturated rings. The summed E-state index contributed by atoms with van der Waals surface area (Å²) >= 11 is 0. The Balaban J connectivity index is 2.63. The van der Waals surface area contributed by atoms with E-state index in [0.29, 0.717) is 5.69 Å². The minimum absolute atomic E-state index is 0.0693. The van der Waals surface area contributed by atoms with E-state index in [1.807, 2.05) is 6.07 Å². The van der Waals surface area contributed by atoms with Gasteiger partial charge in [-0.1, -0.05) is 13.3 Å². The summed E-state index contributed by atoms with van der Waals surface area (Å²) in [6.07, 6.45) is 3.53. The van der Waals surface area contributed by atoms with Crippen molar-refractivity contribution in [3.8, 4) is 0 Å². The van der Waals surface area contributed by atoms with Gasteiger partial charge < -0.3 is 9.40 Å². The van der Waals surface area contributed by atoms with Crippen LogP contribution in [0.25, 0.3) is 11.1 Å². The third-order valence-electron chi connectivity index (χ3n) is 2.35. The number of furan rings is 1. The molecule has 2 aromatic heterocycles. The van der Waals surface area contributed by atoms with Crippen molar-refractivity contribution >= 4 is 16.9 Å². The number of nitrogens with one attached hydrogen (secondary N) is 1. The smallest absolute Gasteiger partial charge is 0.176 e. The van der Waals surface area contributed by atoms with Crippen LogP contribution in [0.1, 0.15) is 36.3 Å². The molecule has 0 bridgehead atoms. The van der Waals surface area contributed by atoms with Gasteiger partial charge in [0.05, 0.1) is 17.5 Å². The van der Waals surface area contributed by atoms with Gasteiger partial charge in [0.25, 0.3) is 0 Å². The van der Waals surface area contributed by atoms with Gasteiger partial charge in [-0.15, -0.1) is 0 Å². The molecule has 2 aromatic rings. The molecule has 0 amide bonds. The predicted molar refractivity (Wildman–Crippen MR) is 54.6 cm³/mol. The van der Waals surface area contributed by atoms with E-state index in [-0.39, 0.29) is 5.78 Å². The molecule has 0 aliphatic carbocycles. The fourth-order valence-electron chi connectivity index (χ4n) is 1.75. The summed E-state index contributed by atoms with van der Waals surface area (Å²) in [6.45, 7) is 3.66. The fourth-order valence-corrected chi connectivity index (χ4v) is 1.75. The lowest BCUT2D eigenvalue weighted by Crippen LogP contribution is -1.97. The quantitative estimate of drug-likeness (QED) is 0.758. The molecular formula is C11H13NO2. The molecule has 1 N–H and O–H groups in total. The van der Waals surface area contributed by atoms with Crippen LogP contribution >= 0.6 is 0 Å². The molecular weight excluding hydrogens is 178 g/mol. The molecule has 0 aliphatic rings. The summed E-state index contributed by atoms with van der Waals surface area (Å²) in [5, 5.41) is 0. The Morgan fingerprint density at radius 2 is 2.36 bits per heavy atom. The number of aryl methyl sites for hydroxylation is 1. The van der Waals surface area contributed by atoms with Crippen LogP contribution in [0.5, 0.6) is 0 Å². The first-order chi connectivity index (χ1) is 6.74. The van der Waals surface area contributed by atoms with Crippen molar-refractivity contribution in [3.05, 3.63) is 23.6 Å². The zero-order valence-corrected chi connectivity index (χ0v) is 8.39. The molecule has 0 unspecified atom stereocenters. The van der Waals surface area contributed by atoms with Crippen LogP contribution in [-0.2, 0) is 6.42 Å². The number of hydrogen-bond acceptors (Lipinski definition) is 2. The Bertz CT molecular complexity index is 465. The molecule has 0 saturated heterocycles. The number of carbonyl (C=O) groups is 1. The highest BCUT2D eigenvalue weighted by Crippen LogP contribution is 2.24. The molecule has 0 aromatic carbocycles. The lowest BCUT2D eigenvalue weighted by atomic mass is 10.1. The fraction of sp³-hybridized carbons (Fsp3) is 0.364. The first-order valence-corrected chi connectivity index (χ1v) is 4.83. The van der Waals surface area contributed by atoms with Gasteiger partial charge in [0.2, 0.25) is 0 Å². The average Bonchev–Trinajstić information content (AvgIpc) is 2.67. The van der Waals surface area contributed by atoms with Crippen LogP contribution in [0.15, 0.2) is 16.7 Å². The minimum Gasteiger partial charge on any atom is -0.462 e. The summed E-state index contributed by atoms with van der Waals surface area (Å²) in [5.74, 6) is 0.0693. The molecule has 3 nitrogen and oxygen atoms in total. The summed E-state index contributed by atoms with van der Waals surface area (Å²) in [4.78, 5) is 14.4. The Kier molecular flexibility index (Phi) is 2.15. The molecule has 0 saturated carbocycles. The number of ketones is 1. The second kappa shape index (κ2) is 3.33. The topological polar surface area (TPSA) is 46.0 Å². The van der Waals surface area contributed by atoms with E-state index in [4.69, 9.17) is 4.42 Å². The molecule has 0 spiro atoms. The average molecular weight is 191 g/mol. The van der Waals surface area contributed by atoms with E-state index in [1.165, 1.54) is 0 Å². The van der Waals surface area contributed by atoms with E-state index in [1.54, 1.807) is 13.2 Å². The Morgan fingerprint density at radius 3 is 3.00 bits per heavy atom. The summed E-state index contributed by atoms with van der Waals surface area (Å²) in [6, 6.07) is 1.85. The van der Waals surface area contributed by atoms with E-state index in [2.05, 4.69) is 11.9 Å². The predicted octanol–water partition coefficient (Wildman–Crippen LogP) is 2.92. The van der Waals surface area contributed by atoms with Gasteiger partial charge in [-0.2, -0.15) is 0 Å². The maximum Gasteiger partial charge on any atom is 0.176 e. The van der Waals surface area contributed by atoms with E-state index in [0.717, 1.165) is 29.5 Å². The number of Topliss-reactive ketones (excluding diaryl/α,β-unsaturated/α-hetero) is 1. The molecule has 74 valence electrons. The Labute approximate surface area is 82.1 Å². The monoisotopic (exact) mass is 191 g/mol. The van der Waals surface area contributed by atoms with Crippen LogP contribution < -0.4 is 0 Å². The second-order valence-corrected chi connectivity index (χ2v) is 3.45. The lowest BCUT2D eigenvalue weighted by molar-refractivity contribution is 0.101. The first kappa shape index (κ1) is 9.06. The molecule has 2 rings (SSSR count). The number of fused-ring (bicyclic) bond motifs is 1. The van der Waals surface area contributed by atoms with Crippen molar-refractivity contribution in [2.45, 2.75) is 26.7 Å². The molecule has 0 atom stereocenters. The van der Waals surface area contributed by atoms with Gasteiger partial charge >= 0.3 is 0 Å². The van der Waals surface area contributed by atoms with Gasteiger partial charge in [0.1, 0.15) is 0 Å². The summed E-state index contributed by atoms with van der Waals surface area (Å²) < 4.78 is 5.35. The van der Waals surface area contributed by atoms with Crippen molar-refractivity contribution in [3.63, 3.8) is 0 Å². The molecule has 14 heavy (non-hydrogen) atoms. The minimum atomic E-state index is 0.0693. The summed E-state index contributed by atoms with van der Waals surface area (Å²) in [5.41, 5.74) is 3.46. The maximum absolute atomic E-state index is 11.3. The standard InChI is InChI=1S/C11H13NO2/c1-3-4-8-10(7(2)13)12-9-5-6-14-11(8)9/h5-6,12H,3-4H2,1-2H3. The highest BCUT2D eigenvalue weighted by Gasteiger charge is 2.15. The van der Waals surface area contributed by atoms with Crippen molar-refractivity contribution < 1.29 is 9.21 Å². The van der Waals surface area contributed by atoms with Crippen molar-refractivity contribution in [2.24, 2.45) is 0 Å². The van der Waals surface area contributed by atoms with Gasteiger partial charge in [-0.05, 0) is 6.42 Å². The lowest BCUT2D eigenvalue weighted by Gasteiger charge is -1.97. The normalized spacial score (nSPS) is 11.0. The SMILES string of the molecule is CCCc1c(C(C)=O)[nH]c2ccoc12. The maximum atomic E-state index is 11.3. The number of hydrogen-bond donors (Lipinski definition) is 1. The largest absolute Gasteiger partial charge is 0.462 e. The Hall–Kier alpha value is -1.51. The number of aromatic nitrogens is 1. The van der Waals surface area contributed by atoms with Crippen LogP contribution in [0.3, 0.4) is 0 Å². The van der Waals surface area contributed by atoms with Crippen LogP contribution in [0.4, 0.5) is 0 Å². The third kappa shape index (κ3) is 1.25. The molecule has 3 heteroatoms. The van der Waals surface area contributed by atoms with Crippen LogP contribution in [0, 0.1) is 0 Å². The highest BCUT2D eigenvalue weighted by atomic mass is 16.3. The van der Waals surface area contributed by atoms with Crippen molar-refractivity contribution in [1.82, 2.24) is 4.98 Å². The van der Waals surface area contributed by atoms with Gasteiger partial charge in [0.15, 0.2) is 11.4 Å². The number of aromatic amines is 1. The third-order valence-corrected chi connectivity index (χ3v) is 2.35. The molecule has 2 heterocycles. The van der Waals surface area contributed by atoms with Crippen molar-refractivity contribution in [1.29, 1.82) is 0 Å². The number of rotatable bonds is 3. The number of carbonyl (C=O) groups excluding carboxylic acids is 1.